The Morgan fingerprint density at radius 2 is 1.96 bits per heavy atom. The molecule has 3 heterocycles. The van der Waals surface area contributed by atoms with Crippen LogP contribution in [0, 0.1) is 12.7 Å². The van der Waals surface area contributed by atoms with Crippen LogP contribution < -0.4 is 10.1 Å². The lowest BCUT2D eigenvalue weighted by atomic mass is 10.1. The van der Waals surface area contributed by atoms with Gasteiger partial charge in [0.1, 0.15) is 35.5 Å². The first-order valence-electron chi connectivity index (χ1n) is 9.50. The van der Waals surface area contributed by atoms with Gasteiger partial charge in [0.25, 0.3) is 0 Å². The zero-order valence-electron chi connectivity index (χ0n) is 15.5. The topological polar surface area (TPSA) is 79.5 Å². The lowest BCUT2D eigenvalue weighted by molar-refractivity contribution is -0.0166. The average Bonchev–Trinajstić information content (AvgIpc) is 3.39. The van der Waals surface area contributed by atoms with E-state index in [0.29, 0.717) is 30.8 Å². The van der Waals surface area contributed by atoms with Crippen LogP contribution >= 0.6 is 0 Å². The van der Waals surface area contributed by atoms with Gasteiger partial charge in [0.15, 0.2) is 0 Å². The minimum Gasteiger partial charge on any atom is -0.487 e. The summed E-state index contributed by atoms with van der Waals surface area (Å²) in [6.45, 7) is 3.02. The summed E-state index contributed by atoms with van der Waals surface area (Å²) in [4.78, 5) is 4.45. The first kappa shape index (κ1) is 17.6. The molecule has 0 bridgehead atoms. The van der Waals surface area contributed by atoms with Crippen molar-refractivity contribution in [3.8, 4) is 5.75 Å². The van der Waals surface area contributed by atoms with E-state index in [2.05, 4.69) is 10.3 Å². The summed E-state index contributed by atoms with van der Waals surface area (Å²) < 4.78 is 21.9. The number of aromatic nitrogens is 2. The molecule has 0 radical (unpaired) electrons. The largest absolute Gasteiger partial charge is 0.487 e. The Hall–Kier alpha value is -2.48. The van der Waals surface area contributed by atoms with Gasteiger partial charge in [0.2, 0.25) is 0 Å². The van der Waals surface area contributed by atoms with Crippen LogP contribution in [0.15, 0.2) is 36.7 Å². The predicted molar refractivity (Wildman–Crippen MR) is 101 cm³/mol. The molecule has 0 saturated heterocycles. The highest BCUT2D eigenvalue weighted by atomic mass is 19.1. The zero-order chi connectivity index (χ0) is 19.4. The van der Waals surface area contributed by atoms with Gasteiger partial charge in [-0.25, -0.2) is 9.37 Å². The number of fused-ring (bicyclic) bond motifs is 2. The first-order chi connectivity index (χ1) is 13.5. The summed E-state index contributed by atoms with van der Waals surface area (Å²) >= 11 is 0. The monoisotopic (exact) mass is 383 g/mol. The fourth-order valence-corrected chi connectivity index (χ4v) is 4.43. The van der Waals surface area contributed by atoms with E-state index in [-0.39, 0.29) is 11.9 Å². The van der Waals surface area contributed by atoms with Gasteiger partial charge >= 0.3 is 0 Å². The van der Waals surface area contributed by atoms with Crippen molar-refractivity contribution >= 4 is 11.0 Å². The van der Waals surface area contributed by atoms with E-state index in [1.165, 1.54) is 6.07 Å². The third-order valence-corrected chi connectivity index (χ3v) is 6.00. The molecule has 1 aromatic carbocycles. The van der Waals surface area contributed by atoms with Crippen LogP contribution in [0.4, 0.5) is 4.39 Å². The van der Waals surface area contributed by atoms with E-state index in [1.54, 1.807) is 12.3 Å². The Kier molecular flexibility index (Phi) is 4.12. The maximum absolute atomic E-state index is 14.0. The molecule has 5 rings (SSSR count). The molecule has 6 nitrogen and oxygen atoms in total. The highest BCUT2D eigenvalue weighted by molar-refractivity contribution is 5.79. The Labute approximate surface area is 161 Å². The quantitative estimate of drug-likeness (QED) is 0.646. The minimum absolute atomic E-state index is 0.252. The first-order valence-corrected chi connectivity index (χ1v) is 9.50. The Balaban J connectivity index is 1.44. The summed E-state index contributed by atoms with van der Waals surface area (Å²) in [7, 11) is 0. The van der Waals surface area contributed by atoms with Crippen molar-refractivity contribution in [2.75, 3.05) is 0 Å². The lowest BCUT2D eigenvalue weighted by Gasteiger charge is -2.20. The number of halogens is 1. The van der Waals surface area contributed by atoms with E-state index >= 15 is 0 Å². The highest BCUT2D eigenvalue weighted by Crippen LogP contribution is 2.38. The molecule has 2 aliphatic rings. The van der Waals surface area contributed by atoms with Gasteiger partial charge in [-0.15, -0.1) is 0 Å². The fourth-order valence-electron chi connectivity index (χ4n) is 4.43. The molecular weight excluding hydrogens is 361 g/mol. The van der Waals surface area contributed by atoms with Crippen molar-refractivity contribution in [1.29, 1.82) is 0 Å². The van der Waals surface area contributed by atoms with Gasteiger partial charge in [-0.3, -0.25) is 0 Å². The molecule has 1 saturated carbocycles. The molecule has 4 atom stereocenters. The number of rotatable bonds is 3. The van der Waals surface area contributed by atoms with E-state index in [4.69, 9.17) is 4.74 Å². The average molecular weight is 383 g/mol. The number of nitrogens with zero attached hydrogens (tertiary/aromatic N) is 2. The Morgan fingerprint density at radius 3 is 2.82 bits per heavy atom. The molecule has 0 unspecified atom stereocenters. The number of benzene rings is 1. The third-order valence-electron chi connectivity index (χ3n) is 6.00. The van der Waals surface area contributed by atoms with Crippen LogP contribution in [0.5, 0.6) is 5.75 Å². The zero-order valence-corrected chi connectivity index (χ0v) is 15.5. The van der Waals surface area contributed by atoms with Crippen LogP contribution in [0.25, 0.3) is 11.0 Å². The van der Waals surface area contributed by atoms with Crippen LogP contribution in [-0.2, 0) is 13.1 Å². The normalized spacial score (nSPS) is 26.7. The summed E-state index contributed by atoms with van der Waals surface area (Å²) in [5.41, 5.74) is 3.29. The van der Waals surface area contributed by atoms with E-state index in [1.807, 2.05) is 29.8 Å². The third kappa shape index (κ3) is 2.62. The molecule has 0 amide bonds. The molecule has 2 aromatic heterocycles. The van der Waals surface area contributed by atoms with Gasteiger partial charge in [-0.05, 0) is 36.8 Å². The van der Waals surface area contributed by atoms with Crippen LogP contribution in [0.3, 0.4) is 0 Å². The number of hydrogen-bond donors (Lipinski definition) is 3. The van der Waals surface area contributed by atoms with Crippen molar-refractivity contribution in [3.63, 3.8) is 0 Å². The number of aliphatic hydroxyl groups excluding tert-OH is 2. The number of nitrogens with one attached hydrogen (secondary N) is 1. The summed E-state index contributed by atoms with van der Waals surface area (Å²) in [5, 5.41) is 25.5. The maximum atomic E-state index is 14.0. The number of aliphatic hydroxyl groups is 2. The number of hydrogen-bond acceptors (Lipinski definition) is 5. The smallest absolute Gasteiger partial charge is 0.140 e. The van der Waals surface area contributed by atoms with Crippen LogP contribution in [0.2, 0.25) is 0 Å². The second-order valence-electron chi connectivity index (χ2n) is 7.63. The second-order valence-corrected chi connectivity index (χ2v) is 7.63. The summed E-state index contributed by atoms with van der Waals surface area (Å²) in [6, 6.07) is 6.57. The number of pyridine rings is 1. The predicted octanol–water partition coefficient (Wildman–Crippen LogP) is 2.20. The van der Waals surface area contributed by atoms with Gasteiger partial charge in [-0.1, -0.05) is 0 Å². The number of aryl methyl sites for hydroxylation is 1. The molecular formula is C21H22FN3O3. The Morgan fingerprint density at radius 1 is 1.14 bits per heavy atom. The van der Waals surface area contributed by atoms with Crippen molar-refractivity contribution in [1.82, 2.24) is 14.9 Å². The van der Waals surface area contributed by atoms with Gasteiger partial charge in [-0.2, -0.15) is 0 Å². The molecule has 146 valence electrons. The maximum Gasteiger partial charge on any atom is 0.140 e. The molecule has 1 aliphatic heterocycles. The molecule has 1 aliphatic carbocycles. The van der Waals surface area contributed by atoms with Crippen molar-refractivity contribution in [2.24, 2.45) is 0 Å². The molecule has 7 heteroatoms. The molecule has 1 fully saturated rings. The van der Waals surface area contributed by atoms with Crippen LogP contribution in [-0.4, -0.2) is 38.1 Å². The molecule has 3 aromatic rings. The van der Waals surface area contributed by atoms with E-state index in [9.17, 15) is 14.6 Å². The van der Waals surface area contributed by atoms with Crippen LogP contribution in [0.1, 0.15) is 29.2 Å². The summed E-state index contributed by atoms with van der Waals surface area (Å²) in [6.07, 6.45) is 1.47. The van der Waals surface area contributed by atoms with Gasteiger partial charge in [0.05, 0.1) is 6.04 Å². The fraction of sp³-hybridized carbons (Fsp3) is 0.381. The number of ether oxygens (including phenoxy) is 1. The molecule has 3 N–H and O–H groups in total. The SMILES string of the molecule is Cc1ccnc2c1ccn2[C@@H]1C[C@H](Oc2ccc(F)c3c2CNC3)[C@@H](O)[C@H]1O. The summed E-state index contributed by atoms with van der Waals surface area (Å²) in [5.74, 6) is 0.308. The van der Waals surface area contributed by atoms with Crippen molar-refractivity contribution in [2.45, 2.75) is 50.8 Å². The van der Waals surface area contributed by atoms with E-state index < -0.39 is 18.3 Å². The second kappa shape index (κ2) is 6.55. The van der Waals surface area contributed by atoms with Gasteiger partial charge < -0.3 is 24.8 Å². The Bertz CT molecular complexity index is 1050. The van der Waals surface area contributed by atoms with E-state index in [0.717, 1.165) is 22.2 Å². The molecule has 28 heavy (non-hydrogen) atoms. The lowest BCUT2D eigenvalue weighted by Crippen LogP contribution is -2.34. The van der Waals surface area contributed by atoms with Gasteiger partial charge in [0, 0.05) is 48.4 Å². The van der Waals surface area contributed by atoms with Crippen molar-refractivity contribution in [3.05, 3.63) is 59.2 Å². The highest BCUT2D eigenvalue weighted by Gasteiger charge is 2.44. The standard InChI is InChI=1S/C21H22FN3O3/c1-11-4-6-24-21-12(11)5-7-25(21)16-8-18(20(27)19(16)26)28-17-3-2-15(22)13-9-23-10-14(13)17/h2-7,16,18-20,23,26-27H,8-10H2,1H3/t16-,18+,19+,20-/m1/s1. The van der Waals surface area contributed by atoms with Crippen molar-refractivity contribution < 1.29 is 19.3 Å². The molecule has 0 spiro atoms. The minimum atomic E-state index is -1.04.